The summed E-state index contributed by atoms with van der Waals surface area (Å²) < 4.78 is 0. The molecule has 3 aromatic rings. The van der Waals surface area contributed by atoms with Crippen molar-refractivity contribution in [3.8, 4) is 0 Å². The van der Waals surface area contributed by atoms with Gasteiger partial charge in [0, 0.05) is 54.4 Å². The van der Waals surface area contributed by atoms with Gasteiger partial charge in [-0.3, -0.25) is 9.59 Å². The van der Waals surface area contributed by atoms with E-state index < -0.39 is 0 Å². The molecule has 176 valence electrons. The molecule has 34 heavy (non-hydrogen) atoms. The Morgan fingerprint density at radius 1 is 0.971 bits per heavy atom. The minimum absolute atomic E-state index is 0.0128. The van der Waals surface area contributed by atoms with Crippen LogP contribution in [0.4, 0.5) is 17.1 Å². The number of carbonyl (C=O) groups excluding carboxylic acids is 2. The quantitative estimate of drug-likeness (QED) is 0.551. The molecule has 1 aromatic heterocycles. The van der Waals surface area contributed by atoms with Crippen LogP contribution in [0.5, 0.6) is 0 Å². The van der Waals surface area contributed by atoms with Crippen LogP contribution in [0.15, 0.2) is 48.5 Å². The monoisotopic (exact) mass is 457 g/mol. The van der Waals surface area contributed by atoms with E-state index >= 15 is 0 Å². The fraction of sp³-hybridized carbons (Fsp3) is 0.333. The van der Waals surface area contributed by atoms with Gasteiger partial charge in [0.25, 0.3) is 0 Å². The van der Waals surface area contributed by atoms with Crippen LogP contribution >= 0.6 is 0 Å². The highest BCUT2D eigenvalue weighted by Gasteiger charge is 2.35. The largest absolute Gasteiger partial charge is 0.385 e. The third-order valence-electron chi connectivity index (χ3n) is 6.01. The van der Waals surface area contributed by atoms with Crippen molar-refractivity contribution in [3.63, 3.8) is 0 Å². The number of nitrogens with zero attached hydrogens (tertiary/aromatic N) is 3. The zero-order valence-corrected chi connectivity index (χ0v) is 20.2. The Hall–Kier alpha value is -3.74. The number of benzene rings is 2. The molecule has 2 amide bonds. The molecule has 2 aromatic carbocycles. The number of rotatable bonds is 7. The maximum Gasteiger partial charge on any atom is 0.229 e. The summed E-state index contributed by atoms with van der Waals surface area (Å²) in [5.74, 6) is 0.313. The molecule has 1 saturated heterocycles. The van der Waals surface area contributed by atoms with E-state index in [1.165, 1.54) is 0 Å². The molecule has 0 bridgehead atoms. The summed E-state index contributed by atoms with van der Waals surface area (Å²) in [6.07, 6.45) is 0.951. The predicted molar refractivity (Wildman–Crippen MR) is 135 cm³/mol. The van der Waals surface area contributed by atoms with E-state index in [1.54, 1.807) is 4.90 Å². The second kappa shape index (κ2) is 10.0. The Morgan fingerprint density at radius 3 is 2.35 bits per heavy atom. The van der Waals surface area contributed by atoms with E-state index in [0.717, 1.165) is 46.1 Å². The molecule has 0 radical (unpaired) electrons. The number of hydrogen-bond acceptors (Lipinski definition) is 5. The zero-order chi connectivity index (χ0) is 24.2. The van der Waals surface area contributed by atoms with Gasteiger partial charge in [-0.1, -0.05) is 12.1 Å². The average molecular weight is 458 g/mol. The van der Waals surface area contributed by atoms with Gasteiger partial charge in [0.2, 0.25) is 11.8 Å². The van der Waals surface area contributed by atoms with Gasteiger partial charge in [-0.2, -0.15) is 0 Å². The molecule has 1 aliphatic heterocycles. The minimum atomic E-state index is -0.372. The van der Waals surface area contributed by atoms with E-state index in [-0.39, 0.29) is 24.2 Å². The molecule has 0 aliphatic carbocycles. The number of amides is 2. The lowest BCUT2D eigenvalue weighted by atomic mass is 10.1. The van der Waals surface area contributed by atoms with E-state index in [2.05, 4.69) is 20.6 Å². The van der Waals surface area contributed by atoms with Crippen molar-refractivity contribution in [2.45, 2.75) is 40.5 Å². The maximum absolute atomic E-state index is 12.8. The standard InChI is InChI=1S/C27H31N5O2/c1-17-5-6-18(2)24(13-17)32-16-21(15-26(32)33)27(34)31-23-9-7-22(8-10-23)28-12-11-25-29-19(3)14-20(4)30-25/h5-10,13-14,21,28H,11-12,15-16H2,1-4H3,(H,31,34). The van der Waals surface area contributed by atoms with E-state index in [4.69, 9.17) is 0 Å². The summed E-state index contributed by atoms with van der Waals surface area (Å²) in [5.41, 5.74) is 6.64. The van der Waals surface area contributed by atoms with Crippen LogP contribution in [-0.4, -0.2) is 34.9 Å². The smallest absolute Gasteiger partial charge is 0.229 e. The fourth-order valence-corrected chi connectivity index (χ4v) is 4.27. The zero-order valence-electron chi connectivity index (χ0n) is 20.2. The topological polar surface area (TPSA) is 87.2 Å². The van der Waals surface area contributed by atoms with Crippen molar-refractivity contribution in [1.82, 2.24) is 9.97 Å². The molecule has 1 aliphatic rings. The summed E-state index contributed by atoms with van der Waals surface area (Å²) in [5, 5.41) is 6.32. The third-order valence-corrected chi connectivity index (χ3v) is 6.01. The van der Waals surface area contributed by atoms with Gasteiger partial charge in [-0.15, -0.1) is 0 Å². The van der Waals surface area contributed by atoms with Crippen molar-refractivity contribution in [1.29, 1.82) is 0 Å². The van der Waals surface area contributed by atoms with Crippen LogP contribution in [0.25, 0.3) is 0 Å². The molecule has 2 heterocycles. The Morgan fingerprint density at radius 2 is 1.65 bits per heavy atom. The van der Waals surface area contributed by atoms with Gasteiger partial charge in [-0.25, -0.2) is 9.97 Å². The number of anilines is 3. The lowest BCUT2D eigenvalue weighted by Gasteiger charge is -2.19. The first-order valence-electron chi connectivity index (χ1n) is 11.6. The highest BCUT2D eigenvalue weighted by molar-refractivity contribution is 6.03. The maximum atomic E-state index is 12.8. The summed E-state index contributed by atoms with van der Waals surface area (Å²) in [7, 11) is 0. The first-order chi connectivity index (χ1) is 16.3. The minimum Gasteiger partial charge on any atom is -0.385 e. The van der Waals surface area contributed by atoms with Gasteiger partial charge in [-0.05, 0) is 75.2 Å². The second-order valence-corrected chi connectivity index (χ2v) is 9.01. The van der Waals surface area contributed by atoms with Gasteiger partial charge < -0.3 is 15.5 Å². The molecule has 7 heteroatoms. The molecule has 0 spiro atoms. The summed E-state index contributed by atoms with van der Waals surface area (Å²) in [6.45, 7) is 9.05. The van der Waals surface area contributed by atoms with Crippen molar-refractivity contribution in [3.05, 3.63) is 76.9 Å². The van der Waals surface area contributed by atoms with Crippen LogP contribution in [0.2, 0.25) is 0 Å². The number of aromatic nitrogens is 2. The van der Waals surface area contributed by atoms with Crippen molar-refractivity contribution in [2.24, 2.45) is 5.92 Å². The first-order valence-corrected chi connectivity index (χ1v) is 11.6. The Labute approximate surface area is 200 Å². The predicted octanol–water partition coefficient (Wildman–Crippen LogP) is 4.36. The summed E-state index contributed by atoms with van der Waals surface area (Å²) >= 11 is 0. The molecule has 4 rings (SSSR count). The van der Waals surface area contributed by atoms with Crippen LogP contribution in [0.3, 0.4) is 0 Å². The van der Waals surface area contributed by atoms with Crippen LogP contribution < -0.4 is 15.5 Å². The number of aryl methyl sites for hydroxylation is 4. The number of hydrogen-bond donors (Lipinski definition) is 2. The molecular weight excluding hydrogens is 426 g/mol. The van der Waals surface area contributed by atoms with E-state index in [1.807, 2.05) is 76.2 Å². The highest BCUT2D eigenvalue weighted by Crippen LogP contribution is 2.29. The Balaban J connectivity index is 1.30. The van der Waals surface area contributed by atoms with Crippen LogP contribution in [0.1, 0.15) is 34.8 Å². The Bertz CT molecular complexity index is 1190. The van der Waals surface area contributed by atoms with Crippen LogP contribution in [0, 0.1) is 33.6 Å². The van der Waals surface area contributed by atoms with E-state index in [9.17, 15) is 9.59 Å². The van der Waals surface area contributed by atoms with Gasteiger partial charge in [0.05, 0.1) is 5.92 Å². The molecule has 1 atom stereocenters. The highest BCUT2D eigenvalue weighted by atomic mass is 16.2. The first kappa shape index (κ1) is 23.4. The van der Waals surface area contributed by atoms with Crippen molar-refractivity contribution >= 4 is 28.9 Å². The molecule has 1 fully saturated rings. The van der Waals surface area contributed by atoms with Gasteiger partial charge >= 0.3 is 0 Å². The van der Waals surface area contributed by atoms with Crippen LogP contribution in [-0.2, 0) is 16.0 Å². The SMILES string of the molecule is Cc1ccc(C)c(N2CC(C(=O)Nc3ccc(NCCc4nc(C)cc(C)n4)cc3)CC2=O)c1. The summed E-state index contributed by atoms with van der Waals surface area (Å²) in [6, 6.07) is 15.6. The summed E-state index contributed by atoms with van der Waals surface area (Å²) in [4.78, 5) is 36.1. The molecule has 2 N–H and O–H groups in total. The molecule has 7 nitrogen and oxygen atoms in total. The van der Waals surface area contributed by atoms with Gasteiger partial charge in [0.15, 0.2) is 0 Å². The number of carbonyl (C=O) groups is 2. The van der Waals surface area contributed by atoms with Crippen molar-refractivity contribution in [2.75, 3.05) is 28.6 Å². The lowest BCUT2D eigenvalue weighted by molar-refractivity contribution is -0.122. The molecule has 1 unspecified atom stereocenters. The second-order valence-electron chi connectivity index (χ2n) is 9.01. The fourth-order valence-electron chi connectivity index (χ4n) is 4.27. The normalized spacial score (nSPS) is 15.5. The van der Waals surface area contributed by atoms with Gasteiger partial charge in [0.1, 0.15) is 5.82 Å². The third kappa shape index (κ3) is 5.60. The Kier molecular flexibility index (Phi) is 6.91. The lowest BCUT2D eigenvalue weighted by Crippen LogP contribution is -2.28. The van der Waals surface area contributed by atoms with E-state index in [0.29, 0.717) is 18.8 Å². The molecule has 0 saturated carbocycles. The van der Waals surface area contributed by atoms with Crippen molar-refractivity contribution < 1.29 is 9.59 Å². The number of nitrogens with one attached hydrogen (secondary N) is 2. The molecular formula is C27H31N5O2. The average Bonchev–Trinajstić information content (AvgIpc) is 3.17.